The van der Waals surface area contributed by atoms with E-state index in [0.29, 0.717) is 17.6 Å². The van der Waals surface area contributed by atoms with E-state index in [1.807, 2.05) is 19.9 Å². The number of carbonyl (C=O) groups excluding carboxylic acids is 3. The summed E-state index contributed by atoms with van der Waals surface area (Å²) in [5.74, 6) is -1.96. The molecule has 0 saturated carbocycles. The summed E-state index contributed by atoms with van der Waals surface area (Å²) in [6, 6.07) is 0. The quantitative estimate of drug-likeness (QED) is 0.453. The topological polar surface area (TPSA) is 89.9 Å². The van der Waals surface area contributed by atoms with Crippen LogP contribution in [0.5, 0.6) is 0 Å². The van der Waals surface area contributed by atoms with Crippen molar-refractivity contribution in [1.29, 1.82) is 0 Å². The Labute approximate surface area is 142 Å². The molecule has 1 aliphatic carbocycles. The summed E-state index contributed by atoms with van der Waals surface area (Å²) in [5, 5.41) is 10.1. The molecule has 0 aromatic carbocycles. The second-order valence-corrected chi connectivity index (χ2v) is 6.87. The molecule has 134 valence electrons. The van der Waals surface area contributed by atoms with Gasteiger partial charge in [0.1, 0.15) is 5.60 Å². The molecule has 24 heavy (non-hydrogen) atoms. The van der Waals surface area contributed by atoms with Crippen molar-refractivity contribution in [3.63, 3.8) is 0 Å². The Bertz CT molecular complexity index is 583. The normalized spacial score (nSPS) is 16.6. The molecule has 0 atom stereocenters. The van der Waals surface area contributed by atoms with Gasteiger partial charge in [-0.1, -0.05) is 17.2 Å². The van der Waals surface area contributed by atoms with Gasteiger partial charge in [0.2, 0.25) is 0 Å². The molecule has 0 spiro atoms. The van der Waals surface area contributed by atoms with E-state index in [1.165, 1.54) is 28.1 Å². The lowest BCUT2D eigenvalue weighted by molar-refractivity contribution is -0.168. The zero-order valence-electron chi connectivity index (χ0n) is 15.2. The molecule has 1 rings (SSSR count). The number of Topliss-reactive ketones (excluding diaryl/α,β-unsaturated/α-hetero) is 1. The predicted molar refractivity (Wildman–Crippen MR) is 88.1 cm³/mol. The van der Waals surface area contributed by atoms with Gasteiger partial charge in [-0.2, -0.15) is 0 Å². The van der Waals surface area contributed by atoms with Gasteiger partial charge in [-0.25, -0.2) is 0 Å². The first-order valence-electron chi connectivity index (χ1n) is 7.78. The summed E-state index contributed by atoms with van der Waals surface area (Å²) in [5.41, 5.74) is -1.15. The van der Waals surface area contributed by atoms with E-state index in [9.17, 15) is 19.5 Å². The van der Waals surface area contributed by atoms with Crippen LogP contribution in [0.4, 0.5) is 0 Å². The number of methoxy groups -OCH3 is 2. The van der Waals surface area contributed by atoms with E-state index in [0.717, 1.165) is 5.57 Å². The Morgan fingerprint density at radius 2 is 1.62 bits per heavy atom. The van der Waals surface area contributed by atoms with Crippen LogP contribution in [0.15, 0.2) is 22.8 Å². The van der Waals surface area contributed by atoms with Crippen LogP contribution in [0.1, 0.15) is 47.0 Å². The number of aliphatic hydroxyl groups is 1. The predicted octanol–water partition coefficient (Wildman–Crippen LogP) is 2.11. The number of allylic oxidation sites excluding steroid dienone is 3. The fourth-order valence-corrected chi connectivity index (χ4v) is 2.86. The zero-order valence-corrected chi connectivity index (χ0v) is 15.2. The van der Waals surface area contributed by atoms with Crippen molar-refractivity contribution in [2.24, 2.45) is 5.41 Å². The summed E-state index contributed by atoms with van der Waals surface area (Å²) in [6.45, 7) is 6.61. The van der Waals surface area contributed by atoms with Gasteiger partial charge in [0.25, 0.3) is 0 Å². The Kier molecular flexibility index (Phi) is 6.11. The Morgan fingerprint density at radius 1 is 1.12 bits per heavy atom. The molecule has 0 radical (unpaired) electrons. The van der Waals surface area contributed by atoms with Crippen LogP contribution in [0.3, 0.4) is 0 Å². The lowest BCUT2D eigenvalue weighted by Gasteiger charge is -2.24. The minimum absolute atomic E-state index is 0.0489. The SMILES string of the molecule is COC(=O)C1(C(=O)OC)CC(CC=C(C)C)=C(C(=O)C(C)(C)O)C1. The fourth-order valence-electron chi connectivity index (χ4n) is 2.86. The first kappa shape index (κ1) is 20.1. The summed E-state index contributed by atoms with van der Waals surface area (Å²) < 4.78 is 9.58. The zero-order chi connectivity index (χ0) is 18.7. The molecule has 0 bridgehead atoms. The van der Waals surface area contributed by atoms with Crippen molar-refractivity contribution in [1.82, 2.24) is 0 Å². The third-order valence-electron chi connectivity index (χ3n) is 4.16. The van der Waals surface area contributed by atoms with E-state index >= 15 is 0 Å². The van der Waals surface area contributed by atoms with Gasteiger partial charge in [-0.15, -0.1) is 0 Å². The van der Waals surface area contributed by atoms with Crippen molar-refractivity contribution in [3.8, 4) is 0 Å². The van der Waals surface area contributed by atoms with Gasteiger partial charge in [0.15, 0.2) is 11.2 Å². The molecule has 0 aromatic heterocycles. The number of esters is 2. The van der Waals surface area contributed by atoms with Crippen LogP contribution in [0.2, 0.25) is 0 Å². The average molecular weight is 338 g/mol. The Balaban J connectivity index is 3.38. The molecular weight excluding hydrogens is 312 g/mol. The molecule has 0 unspecified atom stereocenters. The van der Waals surface area contributed by atoms with Crippen molar-refractivity contribution in [2.45, 2.75) is 52.6 Å². The molecular formula is C18H26O6. The smallest absolute Gasteiger partial charge is 0.323 e. The lowest BCUT2D eigenvalue weighted by Crippen LogP contribution is -2.40. The van der Waals surface area contributed by atoms with Gasteiger partial charge in [0.05, 0.1) is 14.2 Å². The molecule has 1 aliphatic rings. The molecule has 0 aliphatic heterocycles. The number of ketones is 1. The van der Waals surface area contributed by atoms with Gasteiger partial charge >= 0.3 is 11.9 Å². The van der Waals surface area contributed by atoms with Crippen LogP contribution in [0.25, 0.3) is 0 Å². The largest absolute Gasteiger partial charge is 0.468 e. The summed E-state index contributed by atoms with van der Waals surface area (Å²) in [4.78, 5) is 37.2. The highest BCUT2D eigenvalue weighted by Crippen LogP contribution is 2.46. The molecule has 6 nitrogen and oxygen atoms in total. The fraction of sp³-hybridized carbons (Fsp3) is 0.611. The maximum atomic E-state index is 12.6. The van der Waals surface area contributed by atoms with E-state index in [2.05, 4.69) is 0 Å². The van der Waals surface area contributed by atoms with E-state index in [-0.39, 0.29) is 12.8 Å². The number of hydrogen-bond donors (Lipinski definition) is 1. The van der Waals surface area contributed by atoms with Gasteiger partial charge in [-0.3, -0.25) is 14.4 Å². The molecule has 0 amide bonds. The molecule has 0 fully saturated rings. The van der Waals surface area contributed by atoms with Crippen LogP contribution in [-0.2, 0) is 23.9 Å². The Hall–Kier alpha value is -1.95. The molecule has 0 heterocycles. The van der Waals surface area contributed by atoms with Crippen molar-refractivity contribution in [3.05, 3.63) is 22.8 Å². The number of rotatable bonds is 6. The molecule has 0 aromatic rings. The first-order valence-corrected chi connectivity index (χ1v) is 7.78. The summed E-state index contributed by atoms with van der Waals surface area (Å²) >= 11 is 0. The molecule has 6 heteroatoms. The van der Waals surface area contributed by atoms with Crippen molar-refractivity contribution >= 4 is 17.7 Å². The highest BCUT2D eigenvalue weighted by atomic mass is 16.5. The number of hydrogen-bond acceptors (Lipinski definition) is 6. The third-order valence-corrected chi connectivity index (χ3v) is 4.16. The van der Waals surface area contributed by atoms with Gasteiger partial charge in [-0.05, 0) is 46.1 Å². The monoisotopic (exact) mass is 338 g/mol. The maximum Gasteiger partial charge on any atom is 0.323 e. The Morgan fingerprint density at radius 3 is 2.00 bits per heavy atom. The lowest BCUT2D eigenvalue weighted by atomic mass is 9.82. The standard InChI is InChI=1S/C18H26O6/c1-11(2)7-8-12-9-18(15(20)23-5,16(21)24-6)10-13(12)14(19)17(3,4)22/h7,22H,8-10H2,1-6H3. The van der Waals surface area contributed by atoms with Crippen LogP contribution < -0.4 is 0 Å². The third kappa shape index (κ3) is 3.93. The maximum absolute atomic E-state index is 12.6. The van der Waals surface area contributed by atoms with Crippen LogP contribution in [0, 0.1) is 5.41 Å². The highest BCUT2D eigenvalue weighted by Gasteiger charge is 2.55. The molecule has 0 saturated heterocycles. The van der Waals surface area contributed by atoms with Crippen LogP contribution >= 0.6 is 0 Å². The van der Waals surface area contributed by atoms with E-state index < -0.39 is 28.7 Å². The summed E-state index contributed by atoms with van der Waals surface area (Å²) in [6.07, 6.45) is 2.27. The van der Waals surface area contributed by atoms with Crippen LogP contribution in [-0.4, -0.2) is 42.6 Å². The van der Waals surface area contributed by atoms with E-state index in [1.54, 1.807) is 0 Å². The number of ether oxygens (including phenoxy) is 2. The van der Waals surface area contributed by atoms with Crippen molar-refractivity contribution < 1.29 is 29.0 Å². The first-order chi connectivity index (χ1) is 11.0. The van der Waals surface area contributed by atoms with E-state index in [4.69, 9.17) is 9.47 Å². The van der Waals surface area contributed by atoms with Gasteiger partial charge in [0, 0.05) is 6.42 Å². The number of carbonyl (C=O) groups is 3. The highest BCUT2D eigenvalue weighted by molar-refractivity contribution is 6.08. The van der Waals surface area contributed by atoms with Crippen molar-refractivity contribution in [2.75, 3.05) is 14.2 Å². The second kappa shape index (κ2) is 7.30. The minimum Gasteiger partial charge on any atom is -0.468 e. The van der Waals surface area contributed by atoms with Gasteiger partial charge < -0.3 is 14.6 Å². The average Bonchev–Trinajstić information content (AvgIpc) is 2.90. The minimum atomic E-state index is -1.59. The molecule has 1 N–H and O–H groups in total. The summed E-state index contributed by atoms with van der Waals surface area (Å²) in [7, 11) is 2.39. The second-order valence-electron chi connectivity index (χ2n) is 6.87.